The van der Waals surface area contributed by atoms with Crippen LogP contribution in [0.25, 0.3) is 10.9 Å². The quantitative estimate of drug-likeness (QED) is 0.517. The number of carbonyl (C=O) groups is 1. The lowest BCUT2D eigenvalue weighted by atomic mass is 10.1. The van der Waals surface area contributed by atoms with Crippen LogP contribution in [-0.2, 0) is 4.79 Å². The topological polar surface area (TPSA) is 127 Å². The van der Waals surface area contributed by atoms with Gasteiger partial charge in [0.2, 0.25) is 0 Å². The first-order chi connectivity index (χ1) is 8.58. The molecule has 7 nitrogen and oxygen atoms in total. The van der Waals surface area contributed by atoms with Crippen molar-refractivity contribution in [2.45, 2.75) is 6.04 Å². The number of benzene rings is 1. The van der Waals surface area contributed by atoms with Crippen LogP contribution in [0.3, 0.4) is 0 Å². The van der Waals surface area contributed by atoms with Crippen LogP contribution in [0.2, 0.25) is 0 Å². The first-order valence-electron chi connectivity index (χ1n) is 5.09. The summed E-state index contributed by atoms with van der Waals surface area (Å²) in [6, 6.07) is 3.86. The van der Waals surface area contributed by atoms with Gasteiger partial charge in [0, 0.05) is 11.6 Å². The van der Waals surface area contributed by atoms with Crippen LogP contribution in [0.1, 0.15) is 11.6 Å². The van der Waals surface area contributed by atoms with Crippen molar-refractivity contribution in [1.82, 2.24) is 9.97 Å². The maximum atomic E-state index is 11.1. The van der Waals surface area contributed by atoms with Crippen molar-refractivity contribution in [3.63, 3.8) is 0 Å². The number of rotatable bonds is 3. The average Bonchev–Trinajstić information content (AvgIpc) is 2.35. The Morgan fingerprint density at radius 2 is 2.17 bits per heavy atom. The van der Waals surface area contributed by atoms with E-state index in [0.29, 0.717) is 11.1 Å². The average molecular weight is 245 g/mol. The lowest BCUT2D eigenvalue weighted by molar-refractivity contribution is -0.138. The van der Waals surface area contributed by atoms with Crippen molar-refractivity contribution in [2.24, 2.45) is 16.5 Å². The van der Waals surface area contributed by atoms with Gasteiger partial charge in [0.15, 0.2) is 12.0 Å². The van der Waals surface area contributed by atoms with Crippen molar-refractivity contribution in [3.05, 3.63) is 36.3 Å². The molecule has 92 valence electrons. The fourth-order valence-corrected chi connectivity index (χ4v) is 1.58. The fraction of sp³-hybridized carbons (Fsp3) is 0.0909. The summed E-state index contributed by atoms with van der Waals surface area (Å²) in [6.45, 7) is 0. The second kappa shape index (κ2) is 4.66. The van der Waals surface area contributed by atoms with E-state index in [1.165, 1.54) is 6.33 Å². The van der Waals surface area contributed by atoms with Crippen molar-refractivity contribution < 1.29 is 9.90 Å². The van der Waals surface area contributed by atoms with Crippen LogP contribution in [0.4, 0.5) is 0 Å². The van der Waals surface area contributed by atoms with Gasteiger partial charge in [-0.3, -0.25) is 0 Å². The van der Waals surface area contributed by atoms with Gasteiger partial charge in [0.25, 0.3) is 0 Å². The highest BCUT2D eigenvalue weighted by atomic mass is 16.4. The second-order valence-corrected chi connectivity index (χ2v) is 3.64. The zero-order valence-electron chi connectivity index (χ0n) is 9.32. The van der Waals surface area contributed by atoms with Crippen LogP contribution < -0.4 is 11.5 Å². The van der Waals surface area contributed by atoms with Gasteiger partial charge in [-0.15, -0.1) is 0 Å². The highest BCUT2D eigenvalue weighted by molar-refractivity contribution is 5.85. The monoisotopic (exact) mass is 245 g/mol. The molecule has 1 unspecified atom stereocenters. The predicted molar refractivity (Wildman–Crippen MR) is 65.7 cm³/mol. The molecule has 18 heavy (non-hydrogen) atoms. The third kappa shape index (κ3) is 2.34. The normalized spacial score (nSPS) is 12.0. The third-order valence-corrected chi connectivity index (χ3v) is 2.36. The summed E-state index contributed by atoms with van der Waals surface area (Å²) in [7, 11) is 0. The van der Waals surface area contributed by atoms with E-state index < -0.39 is 12.0 Å². The SMILES string of the molecule is NC(N)=NC(C(=O)O)c1ccc2cncnc2c1. The molecule has 1 heterocycles. The Kier molecular flexibility index (Phi) is 3.05. The molecule has 0 bridgehead atoms. The Balaban J connectivity index is 2.51. The molecule has 7 heteroatoms. The van der Waals surface area contributed by atoms with E-state index >= 15 is 0 Å². The number of carboxylic acid groups (broad SMARTS) is 1. The van der Waals surface area contributed by atoms with E-state index in [4.69, 9.17) is 16.6 Å². The highest BCUT2D eigenvalue weighted by Crippen LogP contribution is 2.21. The summed E-state index contributed by atoms with van der Waals surface area (Å²) in [5, 5.41) is 9.91. The standard InChI is InChI=1S/C11H11N5O2/c12-11(13)16-9(10(17)18)6-1-2-7-4-14-5-15-8(7)3-6/h1-5,9H,(H,17,18)(H4,12,13,16). The molecular weight excluding hydrogens is 234 g/mol. The van der Waals surface area contributed by atoms with Crippen LogP contribution in [0, 0.1) is 0 Å². The van der Waals surface area contributed by atoms with E-state index in [1.54, 1.807) is 24.4 Å². The van der Waals surface area contributed by atoms with Gasteiger partial charge in [0.05, 0.1) is 5.52 Å². The summed E-state index contributed by atoms with van der Waals surface area (Å²) in [6.07, 6.45) is 3.03. The summed E-state index contributed by atoms with van der Waals surface area (Å²) in [5.41, 5.74) is 11.5. The number of nitrogens with two attached hydrogens (primary N) is 2. The zero-order valence-corrected chi connectivity index (χ0v) is 9.32. The first kappa shape index (κ1) is 11.8. The largest absolute Gasteiger partial charge is 0.479 e. The molecule has 0 aliphatic rings. The third-order valence-electron chi connectivity index (χ3n) is 2.36. The minimum atomic E-state index is -1.13. The first-order valence-corrected chi connectivity index (χ1v) is 5.09. The molecule has 2 aromatic rings. The number of fused-ring (bicyclic) bond motifs is 1. The van der Waals surface area contributed by atoms with Gasteiger partial charge >= 0.3 is 5.97 Å². The minimum absolute atomic E-state index is 0.273. The zero-order chi connectivity index (χ0) is 13.1. The molecule has 0 radical (unpaired) electrons. The Hall–Kier alpha value is -2.70. The number of nitrogens with zero attached hydrogens (tertiary/aromatic N) is 3. The van der Waals surface area contributed by atoms with Gasteiger partial charge in [-0.2, -0.15) is 0 Å². The summed E-state index contributed by atoms with van der Waals surface area (Å²) < 4.78 is 0. The number of guanidine groups is 1. The molecule has 2 rings (SSSR count). The van der Waals surface area contributed by atoms with Gasteiger partial charge in [-0.25, -0.2) is 19.8 Å². The minimum Gasteiger partial charge on any atom is -0.479 e. The van der Waals surface area contributed by atoms with Crippen LogP contribution in [0.15, 0.2) is 35.7 Å². The number of carboxylic acids is 1. The van der Waals surface area contributed by atoms with Crippen molar-refractivity contribution >= 4 is 22.8 Å². The molecule has 0 saturated carbocycles. The molecule has 1 aromatic carbocycles. The maximum absolute atomic E-state index is 11.1. The predicted octanol–water partition coefficient (Wildman–Crippen LogP) is 0.0289. The van der Waals surface area contributed by atoms with Crippen molar-refractivity contribution in [3.8, 4) is 0 Å². The van der Waals surface area contributed by atoms with E-state index in [-0.39, 0.29) is 5.96 Å². The van der Waals surface area contributed by atoms with Gasteiger partial charge in [-0.1, -0.05) is 12.1 Å². The Morgan fingerprint density at radius 3 is 2.83 bits per heavy atom. The lowest BCUT2D eigenvalue weighted by Gasteiger charge is -2.08. The Morgan fingerprint density at radius 1 is 1.39 bits per heavy atom. The van der Waals surface area contributed by atoms with Crippen LogP contribution in [0.5, 0.6) is 0 Å². The van der Waals surface area contributed by atoms with Crippen LogP contribution >= 0.6 is 0 Å². The summed E-state index contributed by atoms with van der Waals surface area (Å²) >= 11 is 0. The second-order valence-electron chi connectivity index (χ2n) is 3.64. The lowest BCUT2D eigenvalue weighted by Crippen LogP contribution is -2.25. The molecule has 0 aliphatic heterocycles. The molecule has 0 amide bonds. The molecule has 1 aromatic heterocycles. The Labute approximate surface area is 102 Å². The molecule has 0 spiro atoms. The van der Waals surface area contributed by atoms with Gasteiger partial charge < -0.3 is 16.6 Å². The van der Waals surface area contributed by atoms with Gasteiger partial charge in [-0.05, 0) is 11.6 Å². The van der Waals surface area contributed by atoms with E-state index in [2.05, 4.69) is 15.0 Å². The fourth-order valence-electron chi connectivity index (χ4n) is 1.58. The van der Waals surface area contributed by atoms with E-state index in [0.717, 1.165) is 5.39 Å². The van der Waals surface area contributed by atoms with Crippen molar-refractivity contribution in [1.29, 1.82) is 0 Å². The number of hydrogen-bond donors (Lipinski definition) is 3. The molecular formula is C11H11N5O2. The smallest absolute Gasteiger partial charge is 0.333 e. The summed E-state index contributed by atoms with van der Waals surface area (Å²) in [5.74, 6) is -1.40. The molecule has 5 N–H and O–H groups in total. The molecule has 1 atom stereocenters. The number of aliphatic imine (C=N–C) groups is 1. The van der Waals surface area contributed by atoms with E-state index in [9.17, 15) is 4.79 Å². The number of hydrogen-bond acceptors (Lipinski definition) is 4. The highest BCUT2D eigenvalue weighted by Gasteiger charge is 2.19. The number of aromatic nitrogens is 2. The maximum Gasteiger partial charge on any atom is 0.333 e. The summed E-state index contributed by atoms with van der Waals surface area (Å²) in [4.78, 5) is 22.7. The van der Waals surface area contributed by atoms with Crippen molar-refractivity contribution in [2.75, 3.05) is 0 Å². The van der Waals surface area contributed by atoms with Crippen LogP contribution in [-0.4, -0.2) is 27.0 Å². The molecule has 0 fully saturated rings. The Bertz CT molecular complexity index is 622. The number of aliphatic carboxylic acids is 1. The van der Waals surface area contributed by atoms with E-state index in [1.807, 2.05) is 0 Å². The molecule has 0 aliphatic carbocycles. The molecule has 0 saturated heterocycles. The van der Waals surface area contributed by atoms with Gasteiger partial charge in [0.1, 0.15) is 6.33 Å².